The number of carbonyl (C=O) groups is 3. The molecule has 0 radical (unpaired) electrons. The lowest BCUT2D eigenvalue weighted by Crippen LogP contribution is -2.52. The highest BCUT2D eigenvalue weighted by Crippen LogP contribution is 2.47. The van der Waals surface area contributed by atoms with E-state index in [2.05, 4.69) is 20.9 Å². The van der Waals surface area contributed by atoms with Gasteiger partial charge in [-0.25, -0.2) is 14.8 Å². The molecule has 2 saturated heterocycles. The summed E-state index contributed by atoms with van der Waals surface area (Å²) >= 11 is 14.2. The van der Waals surface area contributed by atoms with Crippen molar-refractivity contribution in [1.29, 1.82) is 0 Å². The maximum atomic E-state index is 13.4. The molecule has 5 aromatic rings. The lowest BCUT2D eigenvalue weighted by atomic mass is 9.64. The number of benzene rings is 2. The molecule has 13 nitrogen and oxygen atoms in total. The van der Waals surface area contributed by atoms with E-state index in [1.165, 1.54) is 16.4 Å². The summed E-state index contributed by atoms with van der Waals surface area (Å²) in [5.41, 5.74) is 5.18. The van der Waals surface area contributed by atoms with E-state index in [1.807, 2.05) is 48.5 Å². The third-order valence-corrected chi connectivity index (χ3v) is 12.0. The van der Waals surface area contributed by atoms with Crippen LogP contribution >= 0.6 is 23.2 Å². The van der Waals surface area contributed by atoms with Crippen molar-refractivity contribution in [1.82, 2.24) is 35.2 Å². The molecule has 2 aromatic carbocycles. The van der Waals surface area contributed by atoms with Gasteiger partial charge in [0.1, 0.15) is 5.65 Å². The summed E-state index contributed by atoms with van der Waals surface area (Å²) in [6.45, 7) is 1.27. The largest absolute Gasteiger partial charge is 0.481 e. The van der Waals surface area contributed by atoms with Crippen LogP contribution in [0.1, 0.15) is 43.2 Å². The molecule has 1 atom stereocenters. The minimum absolute atomic E-state index is 0.0227. The number of nitrogens with zero attached hydrogens (tertiary/aromatic N) is 4. The molecule has 3 amide bonds. The van der Waals surface area contributed by atoms with E-state index in [1.54, 1.807) is 24.5 Å². The van der Waals surface area contributed by atoms with Crippen molar-refractivity contribution in [3.05, 3.63) is 105 Å². The molecule has 1 saturated carbocycles. The van der Waals surface area contributed by atoms with Crippen LogP contribution in [0.3, 0.4) is 0 Å². The first-order chi connectivity index (χ1) is 27.0. The number of carboxylic acid groups (broad SMARTS) is 1. The number of aromatic nitrogens is 3. The number of ether oxygens (including phenoxy) is 1. The predicted molar refractivity (Wildman–Crippen MR) is 212 cm³/mol. The van der Waals surface area contributed by atoms with Crippen LogP contribution in [0.5, 0.6) is 5.88 Å². The number of hydrogen-bond donors (Lipinski definition) is 4. The highest BCUT2D eigenvalue weighted by molar-refractivity contribution is 6.39. The number of fused-ring (bicyclic) bond motifs is 1. The van der Waals surface area contributed by atoms with Crippen LogP contribution in [-0.2, 0) is 22.7 Å². The second-order valence-corrected chi connectivity index (χ2v) is 15.4. The maximum Gasteiger partial charge on any atom is 0.407 e. The van der Waals surface area contributed by atoms with Gasteiger partial charge in [-0.15, -0.1) is 0 Å². The fourth-order valence-corrected chi connectivity index (χ4v) is 8.76. The first kappa shape index (κ1) is 37.4. The molecule has 56 heavy (non-hydrogen) atoms. The van der Waals surface area contributed by atoms with E-state index in [9.17, 15) is 24.3 Å². The van der Waals surface area contributed by atoms with Gasteiger partial charge in [0, 0.05) is 78.3 Å². The van der Waals surface area contributed by atoms with Crippen LogP contribution in [0.4, 0.5) is 4.79 Å². The zero-order valence-corrected chi connectivity index (χ0v) is 32.0. The molecule has 3 aromatic heterocycles. The quantitative estimate of drug-likeness (QED) is 0.127. The molecule has 3 fully saturated rings. The zero-order chi connectivity index (χ0) is 39.1. The first-order valence-electron chi connectivity index (χ1n) is 18.4. The normalized spacial score (nSPS) is 20.2. The summed E-state index contributed by atoms with van der Waals surface area (Å²) in [5.74, 6) is 0.308. The summed E-state index contributed by atoms with van der Waals surface area (Å²) in [6.07, 6.45) is 5.56. The molecule has 288 valence electrons. The Morgan fingerprint density at radius 3 is 2.43 bits per heavy atom. The van der Waals surface area contributed by atoms with Gasteiger partial charge in [-0.1, -0.05) is 59.6 Å². The van der Waals surface area contributed by atoms with Crippen molar-refractivity contribution in [2.45, 2.75) is 57.3 Å². The van der Waals surface area contributed by atoms with E-state index in [-0.39, 0.29) is 53.8 Å². The molecule has 8 rings (SSSR count). The Bertz CT molecular complexity index is 2450. The fraction of sp³-hybridized carbons (Fsp3) is 0.317. The topological polar surface area (TPSA) is 167 Å². The molecule has 4 N–H and O–H groups in total. The first-order valence-corrected chi connectivity index (χ1v) is 19.2. The molecule has 1 spiro atoms. The van der Waals surface area contributed by atoms with E-state index in [0.717, 1.165) is 36.9 Å². The Morgan fingerprint density at radius 2 is 1.75 bits per heavy atom. The third-order valence-electron chi connectivity index (χ3n) is 11.2. The van der Waals surface area contributed by atoms with Crippen molar-refractivity contribution in [3.63, 3.8) is 0 Å². The van der Waals surface area contributed by atoms with Gasteiger partial charge in [-0.2, -0.15) is 0 Å². The van der Waals surface area contributed by atoms with Gasteiger partial charge in [0.2, 0.25) is 17.7 Å². The Hall–Kier alpha value is -5.50. The number of methoxy groups -OCH3 is 1. The monoisotopic (exact) mass is 795 g/mol. The number of amides is 3. The van der Waals surface area contributed by atoms with Crippen molar-refractivity contribution >= 4 is 46.8 Å². The highest BCUT2D eigenvalue weighted by Gasteiger charge is 2.52. The van der Waals surface area contributed by atoms with Crippen LogP contribution in [0.15, 0.2) is 77.9 Å². The average Bonchev–Trinajstić information content (AvgIpc) is 3.78. The van der Waals surface area contributed by atoms with Gasteiger partial charge in [0.25, 0.3) is 5.56 Å². The number of hydrogen-bond acceptors (Lipinski definition) is 8. The van der Waals surface area contributed by atoms with Crippen LogP contribution in [0.25, 0.3) is 39.2 Å². The van der Waals surface area contributed by atoms with E-state index in [4.69, 9.17) is 32.9 Å². The molecule has 0 bridgehead atoms. The lowest BCUT2D eigenvalue weighted by molar-refractivity contribution is -0.133. The highest BCUT2D eigenvalue weighted by atomic mass is 35.5. The van der Waals surface area contributed by atoms with E-state index in [0.29, 0.717) is 68.6 Å². The third kappa shape index (κ3) is 7.06. The number of pyridine rings is 2. The standard InChI is InChI=1S/C41H39Cl2N7O6/c1-56-37-24(21-49(40(54)55)22-26-9-11-34(51)47-26)8-10-32(48-37)31-7-3-6-30(36(31)43)29-5-2-4-28(35(29)42)23-12-15-50-33(16-23)46-20-25(38(50)52)19-45-27-17-41(18-27)13-14-44-39(41)53/h2-8,10,12,15-16,20,26-27,45H,9,11,13-14,17-19,21-22H2,1H3,(H,44,53)(H,47,51)(H,54,55)/t26-,27?,41?/m0/s1. The molecular weight excluding hydrogens is 757 g/mol. The van der Waals surface area contributed by atoms with Crippen LogP contribution in [0, 0.1) is 5.41 Å². The Balaban J connectivity index is 1.01. The molecule has 2 aliphatic heterocycles. The van der Waals surface area contributed by atoms with Gasteiger partial charge in [-0.3, -0.25) is 18.8 Å². The number of nitrogens with one attached hydrogen (secondary N) is 3. The summed E-state index contributed by atoms with van der Waals surface area (Å²) < 4.78 is 7.12. The van der Waals surface area contributed by atoms with Crippen molar-refractivity contribution in [2.75, 3.05) is 20.2 Å². The molecular formula is C41H39Cl2N7O6. The fourth-order valence-electron chi connectivity index (χ4n) is 8.10. The van der Waals surface area contributed by atoms with E-state index >= 15 is 0 Å². The number of carbonyl (C=O) groups excluding carboxylic acids is 2. The Labute approximate surface area is 332 Å². The van der Waals surface area contributed by atoms with Gasteiger partial charge in [0.15, 0.2) is 0 Å². The molecule has 5 heterocycles. The van der Waals surface area contributed by atoms with Crippen molar-refractivity contribution in [3.8, 4) is 39.4 Å². The minimum atomic E-state index is -1.11. The van der Waals surface area contributed by atoms with Gasteiger partial charge < -0.3 is 30.7 Å². The summed E-state index contributed by atoms with van der Waals surface area (Å²) in [4.78, 5) is 59.9. The lowest BCUT2D eigenvalue weighted by Gasteiger charge is -2.43. The number of halogens is 2. The van der Waals surface area contributed by atoms with Crippen LogP contribution in [0.2, 0.25) is 10.0 Å². The number of rotatable bonds is 11. The zero-order valence-electron chi connectivity index (χ0n) is 30.5. The molecule has 15 heteroatoms. The summed E-state index contributed by atoms with van der Waals surface area (Å²) in [5, 5.41) is 19.9. The SMILES string of the molecule is COc1nc(-c2cccc(-c3cccc(-c4ccn5c(=O)c(CNC6CC7(CCNC7=O)C6)cnc5c4)c3Cl)c2Cl)ccc1CN(C[C@@H]1CCC(=O)N1)C(=O)O. The molecule has 1 aliphatic carbocycles. The molecule has 3 aliphatic rings. The van der Waals surface area contributed by atoms with Gasteiger partial charge in [-0.05, 0) is 55.5 Å². The van der Waals surface area contributed by atoms with Crippen molar-refractivity contribution in [2.24, 2.45) is 5.41 Å². The molecule has 0 unspecified atom stereocenters. The predicted octanol–water partition coefficient (Wildman–Crippen LogP) is 5.92. The summed E-state index contributed by atoms with van der Waals surface area (Å²) in [6, 6.07) is 18.4. The van der Waals surface area contributed by atoms with Crippen molar-refractivity contribution < 1.29 is 24.2 Å². The average molecular weight is 797 g/mol. The van der Waals surface area contributed by atoms with Crippen LogP contribution < -0.4 is 26.2 Å². The van der Waals surface area contributed by atoms with Gasteiger partial charge in [0.05, 0.1) is 40.4 Å². The smallest absolute Gasteiger partial charge is 0.407 e. The Kier molecular flexibility index (Phi) is 10.2. The maximum absolute atomic E-state index is 13.4. The Morgan fingerprint density at radius 1 is 1.02 bits per heavy atom. The van der Waals surface area contributed by atoms with Gasteiger partial charge >= 0.3 is 6.09 Å². The second-order valence-electron chi connectivity index (χ2n) is 14.7. The van der Waals surface area contributed by atoms with Crippen LogP contribution in [-0.4, -0.2) is 74.6 Å². The van der Waals surface area contributed by atoms with E-state index < -0.39 is 6.09 Å². The second kappa shape index (κ2) is 15.2. The summed E-state index contributed by atoms with van der Waals surface area (Å²) in [7, 11) is 1.47. The minimum Gasteiger partial charge on any atom is -0.481 e.